The Kier molecular flexibility index (Phi) is 4.75. The van der Waals surface area contributed by atoms with Crippen molar-refractivity contribution in [3.8, 4) is 0 Å². The molecule has 0 spiro atoms. The molecule has 0 bridgehead atoms. The quantitative estimate of drug-likeness (QED) is 0.857. The molecule has 21 heavy (non-hydrogen) atoms. The van der Waals surface area contributed by atoms with Crippen LogP contribution in [-0.4, -0.2) is 50.4 Å². The van der Waals surface area contributed by atoms with E-state index in [0.717, 1.165) is 18.8 Å². The maximum atomic E-state index is 12.3. The van der Waals surface area contributed by atoms with Gasteiger partial charge < -0.3 is 10.6 Å². The van der Waals surface area contributed by atoms with Crippen LogP contribution in [0.15, 0.2) is 23.1 Å². The van der Waals surface area contributed by atoms with E-state index in [4.69, 9.17) is 5.73 Å². The summed E-state index contributed by atoms with van der Waals surface area (Å²) in [5.74, 6) is 0. The molecule has 0 aliphatic carbocycles. The lowest BCUT2D eigenvalue weighted by Crippen LogP contribution is -2.40. The van der Waals surface area contributed by atoms with Crippen LogP contribution in [0.4, 0.5) is 11.4 Å². The smallest absolute Gasteiger partial charge is 0.242 e. The van der Waals surface area contributed by atoms with Gasteiger partial charge in [-0.25, -0.2) is 12.7 Å². The van der Waals surface area contributed by atoms with E-state index in [1.807, 2.05) is 11.8 Å². The van der Waals surface area contributed by atoms with Gasteiger partial charge in [0.2, 0.25) is 10.0 Å². The van der Waals surface area contributed by atoms with E-state index in [0.29, 0.717) is 16.2 Å². The number of thioether (sulfide) groups is 1. The SMILES string of the molecule is CC1CN(c2cc(S(=O)(=O)N(C)C)ccc2N)CC(C)S1. The third-order valence-electron chi connectivity index (χ3n) is 3.54. The summed E-state index contributed by atoms with van der Waals surface area (Å²) in [4.78, 5) is 2.48. The third kappa shape index (κ3) is 3.46. The van der Waals surface area contributed by atoms with Crippen molar-refractivity contribution in [2.24, 2.45) is 0 Å². The van der Waals surface area contributed by atoms with Gasteiger partial charge in [0.25, 0.3) is 0 Å². The molecule has 2 rings (SSSR count). The van der Waals surface area contributed by atoms with Gasteiger partial charge in [0, 0.05) is 37.7 Å². The second kappa shape index (κ2) is 6.06. The van der Waals surface area contributed by atoms with Crippen LogP contribution >= 0.6 is 11.8 Å². The molecule has 1 saturated heterocycles. The van der Waals surface area contributed by atoms with Gasteiger partial charge in [0.05, 0.1) is 16.3 Å². The molecular weight excluding hydrogens is 306 g/mol. The Labute approximate surface area is 131 Å². The number of hydrogen-bond donors (Lipinski definition) is 1. The average molecular weight is 329 g/mol. The molecule has 7 heteroatoms. The first-order valence-corrected chi connectivity index (χ1v) is 9.32. The fourth-order valence-corrected chi connectivity index (χ4v) is 4.79. The van der Waals surface area contributed by atoms with Crippen molar-refractivity contribution in [1.82, 2.24) is 4.31 Å². The first kappa shape index (κ1) is 16.5. The number of nitrogens with zero attached hydrogens (tertiary/aromatic N) is 2. The zero-order chi connectivity index (χ0) is 15.8. The van der Waals surface area contributed by atoms with Gasteiger partial charge in [-0.1, -0.05) is 13.8 Å². The van der Waals surface area contributed by atoms with Gasteiger partial charge in [-0.2, -0.15) is 11.8 Å². The van der Waals surface area contributed by atoms with Crippen molar-refractivity contribution in [3.05, 3.63) is 18.2 Å². The Morgan fingerprint density at radius 3 is 2.33 bits per heavy atom. The zero-order valence-corrected chi connectivity index (χ0v) is 14.5. The largest absolute Gasteiger partial charge is 0.397 e. The molecule has 1 aliphatic heterocycles. The summed E-state index contributed by atoms with van der Waals surface area (Å²) >= 11 is 1.95. The molecule has 118 valence electrons. The second-order valence-electron chi connectivity index (χ2n) is 5.67. The highest BCUT2D eigenvalue weighted by Crippen LogP contribution is 2.33. The van der Waals surface area contributed by atoms with E-state index >= 15 is 0 Å². The van der Waals surface area contributed by atoms with Gasteiger partial charge >= 0.3 is 0 Å². The highest BCUT2D eigenvalue weighted by Gasteiger charge is 2.25. The Hall–Kier alpha value is -0.920. The number of nitrogen functional groups attached to an aromatic ring is 1. The first-order chi connectivity index (χ1) is 9.71. The van der Waals surface area contributed by atoms with Gasteiger partial charge in [0.15, 0.2) is 0 Å². The van der Waals surface area contributed by atoms with Crippen LogP contribution in [0.3, 0.4) is 0 Å². The van der Waals surface area contributed by atoms with E-state index < -0.39 is 10.0 Å². The molecule has 2 atom stereocenters. The highest BCUT2D eigenvalue weighted by atomic mass is 32.2. The van der Waals surface area contributed by atoms with Crippen LogP contribution in [0, 0.1) is 0 Å². The Morgan fingerprint density at radius 1 is 1.24 bits per heavy atom. The van der Waals surface area contributed by atoms with E-state index in [-0.39, 0.29) is 4.90 Å². The summed E-state index contributed by atoms with van der Waals surface area (Å²) in [5.41, 5.74) is 7.51. The first-order valence-electron chi connectivity index (χ1n) is 6.94. The lowest BCUT2D eigenvalue weighted by Gasteiger charge is -2.37. The Morgan fingerprint density at radius 2 is 1.81 bits per heavy atom. The van der Waals surface area contributed by atoms with Crippen molar-refractivity contribution in [3.63, 3.8) is 0 Å². The summed E-state index contributed by atoms with van der Waals surface area (Å²) < 4.78 is 25.8. The third-order valence-corrected chi connectivity index (χ3v) is 6.58. The van der Waals surface area contributed by atoms with Crippen molar-refractivity contribution < 1.29 is 8.42 Å². The van der Waals surface area contributed by atoms with Crippen molar-refractivity contribution in [2.75, 3.05) is 37.8 Å². The monoisotopic (exact) mass is 329 g/mol. The summed E-state index contributed by atoms with van der Waals surface area (Å²) in [7, 11) is -0.366. The molecule has 1 aliphatic rings. The van der Waals surface area contributed by atoms with Crippen LogP contribution in [0.25, 0.3) is 0 Å². The molecule has 1 aromatic rings. The zero-order valence-electron chi connectivity index (χ0n) is 12.9. The van der Waals surface area contributed by atoms with Crippen LogP contribution in [0.1, 0.15) is 13.8 Å². The maximum Gasteiger partial charge on any atom is 0.242 e. The van der Waals surface area contributed by atoms with Gasteiger partial charge in [-0.15, -0.1) is 0 Å². The standard InChI is InChI=1S/C14H23N3O2S2/c1-10-8-17(9-11(2)20-10)14-7-12(5-6-13(14)15)21(18,19)16(3)4/h5-7,10-11H,8-9,15H2,1-4H3. The molecule has 0 saturated carbocycles. The highest BCUT2D eigenvalue weighted by molar-refractivity contribution is 8.00. The summed E-state index contributed by atoms with van der Waals surface area (Å²) in [6.07, 6.45) is 0. The maximum absolute atomic E-state index is 12.3. The number of benzene rings is 1. The fraction of sp³-hybridized carbons (Fsp3) is 0.571. The minimum absolute atomic E-state index is 0.287. The molecule has 0 radical (unpaired) electrons. The Bertz CT molecular complexity index is 607. The molecule has 5 nitrogen and oxygen atoms in total. The second-order valence-corrected chi connectivity index (χ2v) is 9.70. The van der Waals surface area contributed by atoms with Gasteiger partial charge in [-0.05, 0) is 18.2 Å². The average Bonchev–Trinajstić information content (AvgIpc) is 2.37. The van der Waals surface area contributed by atoms with Gasteiger partial charge in [0.1, 0.15) is 0 Å². The van der Waals surface area contributed by atoms with Crippen LogP contribution < -0.4 is 10.6 Å². The minimum Gasteiger partial charge on any atom is -0.397 e. The predicted octanol–water partition coefficient (Wildman–Crippen LogP) is 1.85. The number of anilines is 2. The molecule has 1 fully saturated rings. The van der Waals surface area contributed by atoms with E-state index in [1.165, 1.54) is 18.4 Å². The predicted molar refractivity (Wildman–Crippen MR) is 90.5 cm³/mol. The van der Waals surface area contributed by atoms with E-state index in [1.54, 1.807) is 18.2 Å². The molecule has 1 aromatic carbocycles. The number of nitrogens with two attached hydrogens (primary N) is 1. The van der Waals surface area contributed by atoms with Crippen molar-refractivity contribution >= 4 is 33.2 Å². The summed E-state index contributed by atoms with van der Waals surface area (Å²) in [6.45, 7) is 6.13. The molecule has 1 heterocycles. The van der Waals surface area contributed by atoms with Crippen LogP contribution in [0.5, 0.6) is 0 Å². The van der Waals surface area contributed by atoms with Crippen LogP contribution in [0.2, 0.25) is 0 Å². The number of sulfonamides is 1. The normalized spacial score (nSPS) is 23.6. The topological polar surface area (TPSA) is 66.6 Å². The fourth-order valence-electron chi connectivity index (χ4n) is 2.54. The lowest BCUT2D eigenvalue weighted by molar-refractivity contribution is 0.520. The molecule has 0 amide bonds. The van der Waals surface area contributed by atoms with E-state index in [2.05, 4.69) is 18.7 Å². The van der Waals surface area contributed by atoms with Crippen molar-refractivity contribution in [1.29, 1.82) is 0 Å². The van der Waals surface area contributed by atoms with E-state index in [9.17, 15) is 8.42 Å². The molecular formula is C14H23N3O2S2. The van der Waals surface area contributed by atoms with Gasteiger partial charge in [-0.3, -0.25) is 0 Å². The summed E-state index contributed by atoms with van der Waals surface area (Å²) in [6, 6.07) is 4.95. The lowest BCUT2D eigenvalue weighted by atomic mass is 10.2. The molecule has 0 aromatic heterocycles. The Balaban J connectivity index is 2.40. The molecule has 2 unspecified atom stereocenters. The van der Waals surface area contributed by atoms with Crippen LogP contribution in [-0.2, 0) is 10.0 Å². The minimum atomic E-state index is -3.44. The van der Waals surface area contributed by atoms with Crippen molar-refractivity contribution in [2.45, 2.75) is 29.2 Å². The summed E-state index contributed by atoms with van der Waals surface area (Å²) in [5, 5.41) is 1.00. The number of hydrogen-bond acceptors (Lipinski definition) is 5. The molecule has 2 N–H and O–H groups in total. The number of rotatable bonds is 3.